The summed E-state index contributed by atoms with van der Waals surface area (Å²) in [6.07, 6.45) is 4.57. The molecule has 0 aliphatic heterocycles. The molecule has 0 fully saturated rings. The van der Waals surface area contributed by atoms with Crippen LogP contribution in [0.15, 0.2) is 18.5 Å². The van der Waals surface area contributed by atoms with Crippen molar-refractivity contribution in [3.8, 4) is 0 Å². The summed E-state index contributed by atoms with van der Waals surface area (Å²) in [7, 11) is 1.69. The van der Waals surface area contributed by atoms with E-state index < -0.39 is 0 Å². The second-order valence-electron chi connectivity index (χ2n) is 3.44. The van der Waals surface area contributed by atoms with Crippen molar-refractivity contribution >= 4 is 0 Å². The van der Waals surface area contributed by atoms with E-state index in [1.807, 2.05) is 19.2 Å². The largest absolute Gasteiger partial charge is 0.379 e. The molecule has 78 valence electrons. The zero-order valence-corrected chi connectivity index (χ0v) is 9.03. The lowest BCUT2D eigenvalue weighted by Crippen LogP contribution is -2.28. The number of aromatic nitrogens is 1. The Kier molecular flexibility index (Phi) is 4.04. The predicted molar refractivity (Wildman–Crippen MR) is 57.0 cm³/mol. The summed E-state index contributed by atoms with van der Waals surface area (Å²) in [5.74, 6) is 0. The first-order valence-electron chi connectivity index (χ1n) is 4.89. The summed E-state index contributed by atoms with van der Waals surface area (Å²) in [4.78, 5) is 4.08. The zero-order chi connectivity index (χ0) is 10.6. The molecule has 1 aromatic rings. The van der Waals surface area contributed by atoms with E-state index in [9.17, 15) is 0 Å². The van der Waals surface area contributed by atoms with Crippen molar-refractivity contribution in [2.24, 2.45) is 5.73 Å². The first-order valence-corrected chi connectivity index (χ1v) is 4.89. The fraction of sp³-hybridized carbons (Fsp3) is 0.545. The molecule has 3 nitrogen and oxygen atoms in total. The number of nitrogens with zero attached hydrogens (tertiary/aromatic N) is 1. The van der Waals surface area contributed by atoms with Crippen LogP contribution >= 0.6 is 0 Å². The minimum atomic E-state index is -0.0845. The van der Waals surface area contributed by atoms with E-state index in [4.69, 9.17) is 10.5 Å². The number of aryl methyl sites for hydroxylation is 1. The predicted octanol–water partition coefficient (Wildman–Crippen LogP) is 1.81. The van der Waals surface area contributed by atoms with E-state index in [1.165, 1.54) is 5.56 Å². The Bertz CT molecular complexity index is 284. The van der Waals surface area contributed by atoms with Gasteiger partial charge in [0, 0.05) is 19.5 Å². The highest BCUT2D eigenvalue weighted by Crippen LogP contribution is 2.20. The van der Waals surface area contributed by atoms with Crippen molar-refractivity contribution in [2.45, 2.75) is 32.4 Å². The van der Waals surface area contributed by atoms with E-state index in [0.29, 0.717) is 0 Å². The Morgan fingerprint density at radius 1 is 1.57 bits per heavy atom. The van der Waals surface area contributed by atoms with Crippen molar-refractivity contribution in [3.05, 3.63) is 29.6 Å². The maximum Gasteiger partial charge on any atom is 0.0761 e. The molecule has 0 saturated carbocycles. The quantitative estimate of drug-likeness (QED) is 0.795. The number of ether oxygens (including phenoxy) is 1. The van der Waals surface area contributed by atoms with Crippen molar-refractivity contribution in [2.75, 3.05) is 7.11 Å². The maximum absolute atomic E-state index is 6.10. The Balaban J connectivity index is 2.88. The van der Waals surface area contributed by atoms with Gasteiger partial charge in [-0.25, -0.2) is 0 Å². The molecule has 1 heterocycles. The first-order chi connectivity index (χ1) is 6.70. The fourth-order valence-corrected chi connectivity index (χ4v) is 1.59. The maximum atomic E-state index is 6.10. The minimum absolute atomic E-state index is 0.0675. The van der Waals surface area contributed by atoms with E-state index in [1.54, 1.807) is 13.3 Å². The summed E-state index contributed by atoms with van der Waals surface area (Å²) >= 11 is 0. The highest BCUT2D eigenvalue weighted by Gasteiger charge is 2.18. The molecule has 0 bridgehead atoms. The van der Waals surface area contributed by atoms with Crippen LogP contribution in [0.4, 0.5) is 0 Å². The van der Waals surface area contributed by atoms with Crippen LogP contribution in [0.3, 0.4) is 0 Å². The fourth-order valence-electron chi connectivity index (χ4n) is 1.59. The summed E-state index contributed by atoms with van der Waals surface area (Å²) in [5, 5.41) is 0. The third kappa shape index (κ3) is 2.30. The summed E-state index contributed by atoms with van der Waals surface area (Å²) < 4.78 is 5.32. The Labute approximate surface area is 85.3 Å². The molecule has 0 aromatic carbocycles. The molecule has 0 spiro atoms. The standard InChI is InChI=1S/C11H18N2O/c1-4-10(14-3)11(12)9-7-13-6-5-8(9)2/h5-7,10-11H,4,12H2,1-3H3. The normalized spacial score (nSPS) is 15.1. The summed E-state index contributed by atoms with van der Waals surface area (Å²) in [6, 6.07) is 1.89. The Hall–Kier alpha value is -0.930. The number of hydrogen-bond donors (Lipinski definition) is 1. The Morgan fingerprint density at radius 3 is 2.79 bits per heavy atom. The second kappa shape index (κ2) is 5.08. The van der Waals surface area contributed by atoms with Crippen LogP contribution < -0.4 is 5.73 Å². The number of pyridine rings is 1. The van der Waals surface area contributed by atoms with Gasteiger partial charge in [-0.3, -0.25) is 4.98 Å². The van der Waals surface area contributed by atoms with Gasteiger partial charge in [0.15, 0.2) is 0 Å². The molecule has 2 atom stereocenters. The number of hydrogen-bond acceptors (Lipinski definition) is 3. The van der Waals surface area contributed by atoms with Gasteiger partial charge in [0.25, 0.3) is 0 Å². The van der Waals surface area contributed by atoms with Crippen LogP contribution in [0.25, 0.3) is 0 Å². The Morgan fingerprint density at radius 2 is 2.29 bits per heavy atom. The average molecular weight is 194 g/mol. The van der Waals surface area contributed by atoms with Gasteiger partial charge in [-0.1, -0.05) is 6.92 Å². The van der Waals surface area contributed by atoms with Crippen molar-refractivity contribution < 1.29 is 4.74 Å². The smallest absolute Gasteiger partial charge is 0.0761 e. The highest BCUT2D eigenvalue weighted by atomic mass is 16.5. The first kappa shape index (κ1) is 11.1. The molecule has 2 N–H and O–H groups in total. The molecule has 0 saturated heterocycles. The lowest BCUT2D eigenvalue weighted by Gasteiger charge is -2.22. The van der Waals surface area contributed by atoms with Crippen molar-refractivity contribution in [1.82, 2.24) is 4.98 Å². The molecular weight excluding hydrogens is 176 g/mol. The van der Waals surface area contributed by atoms with E-state index in [-0.39, 0.29) is 12.1 Å². The second-order valence-corrected chi connectivity index (χ2v) is 3.44. The van der Waals surface area contributed by atoms with Crippen molar-refractivity contribution in [3.63, 3.8) is 0 Å². The topological polar surface area (TPSA) is 48.1 Å². The molecule has 14 heavy (non-hydrogen) atoms. The highest BCUT2D eigenvalue weighted by molar-refractivity contribution is 5.25. The average Bonchev–Trinajstić information content (AvgIpc) is 2.20. The summed E-state index contributed by atoms with van der Waals surface area (Å²) in [6.45, 7) is 4.11. The number of methoxy groups -OCH3 is 1. The third-order valence-corrected chi connectivity index (χ3v) is 2.54. The molecule has 0 amide bonds. The van der Waals surface area contributed by atoms with E-state index in [2.05, 4.69) is 11.9 Å². The van der Waals surface area contributed by atoms with Crippen LogP contribution in [-0.2, 0) is 4.74 Å². The number of rotatable bonds is 4. The van der Waals surface area contributed by atoms with Gasteiger partial charge >= 0.3 is 0 Å². The number of nitrogens with two attached hydrogens (primary N) is 1. The minimum Gasteiger partial charge on any atom is -0.379 e. The van der Waals surface area contributed by atoms with Gasteiger partial charge in [-0.05, 0) is 30.5 Å². The van der Waals surface area contributed by atoms with Gasteiger partial charge in [0.2, 0.25) is 0 Å². The molecular formula is C11H18N2O. The molecule has 3 heteroatoms. The zero-order valence-electron chi connectivity index (χ0n) is 9.03. The third-order valence-electron chi connectivity index (χ3n) is 2.54. The van der Waals surface area contributed by atoms with Crippen LogP contribution in [0.5, 0.6) is 0 Å². The van der Waals surface area contributed by atoms with Crippen LogP contribution in [0.1, 0.15) is 30.5 Å². The van der Waals surface area contributed by atoms with Gasteiger partial charge in [0.05, 0.1) is 12.1 Å². The van der Waals surface area contributed by atoms with E-state index >= 15 is 0 Å². The summed E-state index contributed by atoms with van der Waals surface area (Å²) in [5.41, 5.74) is 8.34. The van der Waals surface area contributed by atoms with Crippen LogP contribution in [0, 0.1) is 6.92 Å². The van der Waals surface area contributed by atoms with E-state index in [0.717, 1.165) is 12.0 Å². The molecule has 1 rings (SSSR count). The lowest BCUT2D eigenvalue weighted by atomic mass is 9.98. The molecule has 0 aliphatic carbocycles. The van der Waals surface area contributed by atoms with Gasteiger partial charge in [0.1, 0.15) is 0 Å². The van der Waals surface area contributed by atoms with Crippen LogP contribution in [-0.4, -0.2) is 18.2 Å². The molecule has 0 radical (unpaired) electrons. The lowest BCUT2D eigenvalue weighted by molar-refractivity contribution is 0.0769. The monoisotopic (exact) mass is 194 g/mol. The molecule has 2 unspecified atom stereocenters. The molecule has 1 aromatic heterocycles. The SMILES string of the molecule is CCC(OC)C(N)c1cnccc1C. The van der Waals surface area contributed by atoms with Crippen LogP contribution in [0.2, 0.25) is 0 Å². The van der Waals surface area contributed by atoms with Gasteiger partial charge in [-0.15, -0.1) is 0 Å². The van der Waals surface area contributed by atoms with Crippen molar-refractivity contribution in [1.29, 1.82) is 0 Å². The molecule has 0 aliphatic rings. The van der Waals surface area contributed by atoms with Gasteiger partial charge < -0.3 is 10.5 Å². The van der Waals surface area contributed by atoms with Gasteiger partial charge in [-0.2, -0.15) is 0 Å².